The minimum atomic E-state index is 0.153. The molecular formula is C21H26N2OS. The Kier molecular flexibility index (Phi) is 5.18. The summed E-state index contributed by atoms with van der Waals surface area (Å²) in [6, 6.07) is 8.89. The summed E-state index contributed by atoms with van der Waals surface area (Å²) in [6.45, 7) is 3.58. The molecule has 3 nitrogen and oxygen atoms in total. The lowest BCUT2D eigenvalue weighted by Crippen LogP contribution is -2.30. The molecule has 4 rings (SSSR count). The number of unbranched alkanes of at least 4 members (excludes halogenated alkanes) is 2. The third-order valence-electron chi connectivity index (χ3n) is 5.40. The monoisotopic (exact) mass is 354 g/mol. The van der Waals surface area contributed by atoms with Gasteiger partial charge in [-0.25, -0.2) is 0 Å². The molecule has 0 radical (unpaired) electrons. The Morgan fingerprint density at radius 3 is 2.96 bits per heavy atom. The van der Waals surface area contributed by atoms with Gasteiger partial charge in [-0.1, -0.05) is 18.6 Å². The molecule has 2 aromatic rings. The SMILES string of the molecule is O=C1CCc2ccc(CCCCCN3CCc4sccc4C3)cc2N1. The van der Waals surface area contributed by atoms with Gasteiger partial charge in [0, 0.05) is 30.1 Å². The van der Waals surface area contributed by atoms with E-state index in [4.69, 9.17) is 0 Å². The van der Waals surface area contributed by atoms with Crippen LogP contribution in [0.1, 0.15) is 47.3 Å². The lowest BCUT2D eigenvalue weighted by Gasteiger charge is -2.26. The van der Waals surface area contributed by atoms with Crippen LogP contribution < -0.4 is 5.32 Å². The molecule has 1 aromatic carbocycles. The van der Waals surface area contributed by atoms with E-state index < -0.39 is 0 Å². The first-order valence-electron chi connectivity index (χ1n) is 9.47. The Labute approximate surface area is 154 Å². The van der Waals surface area contributed by atoms with Gasteiger partial charge >= 0.3 is 0 Å². The van der Waals surface area contributed by atoms with Crippen molar-refractivity contribution in [1.82, 2.24) is 4.90 Å². The second-order valence-electron chi connectivity index (χ2n) is 7.25. The summed E-state index contributed by atoms with van der Waals surface area (Å²) in [5.74, 6) is 0.153. The van der Waals surface area contributed by atoms with Gasteiger partial charge in [-0.05, 0) is 72.9 Å². The highest BCUT2D eigenvalue weighted by molar-refractivity contribution is 7.10. The molecule has 0 saturated heterocycles. The van der Waals surface area contributed by atoms with E-state index in [1.165, 1.54) is 49.9 Å². The van der Waals surface area contributed by atoms with E-state index in [0.29, 0.717) is 6.42 Å². The molecule has 1 N–H and O–H groups in total. The standard InChI is InChI=1S/C21H26N2OS/c24-21-8-7-17-6-5-16(14-19(17)22-21)4-2-1-3-11-23-12-9-20-18(15-23)10-13-25-20/h5-6,10,13-14H,1-4,7-9,11-12,15H2,(H,22,24). The second-order valence-corrected chi connectivity index (χ2v) is 8.25. The zero-order valence-corrected chi connectivity index (χ0v) is 15.5. The van der Waals surface area contributed by atoms with Crippen LogP contribution in [0.3, 0.4) is 0 Å². The Bertz CT molecular complexity index is 752. The van der Waals surface area contributed by atoms with E-state index in [0.717, 1.165) is 25.1 Å². The van der Waals surface area contributed by atoms with Crippen LogP contribution in [0.15, 0.2) is 29.6 Å². The molecule has 0 unspecified atom stereocenters. The summed E-state index contributed by atoms with van der Waals surface area (Å²) in [6.07, 6.45) is 7.62. The van der Waals surface area contributed by atoms with Crippen molar-refractivity contribution >= 4 is 22.9 Å². The molecule has 2 aliphatic heterocycles. The average molecular weight is 355 g/mol. The van der Waals surface area contributed by atoms with Crippen LogP contribution in [-0.2, 0) is 30.6 Å². The molecule has 0 bridgehead atoms. The highest BCUT2D eigenvalue weighted by Gasteiger charge is 2.16. The van der Waals surface area contributed by atoms with Gasteiger partial charge in [0.25, 0.3) is 0 Å². The van der Waals surface area contributed by atoms with Gasteiger partial charge in [0.15, 0.2) is 0 Å². The minimum Gasteiger partial charge on any atom is -0.326 e. The van der Waals surface area contributed by atoms with E-state index in [2.05, 4.69) is 39.9 Å². The zero-order valence-electron chi connectivity index (χ0n) is 14.7. The van der Waals surface area contributed by atoms with Crippen LogP contribution >= 0.6 is 11.3 Å². The van der Waals surface area contributed by atoms with E-state index in [1.54, 1.807) is 10.4 Å². The summed E-state index contributed by atoms with van der Waals surface area (Å²) in [4.78, 5) is 15.7. The summed E-state index contributed by atoms with van der Waals surface area (Å²) in [5, 5.41) is 5.24. The lowest BCUT2D eigenvalue weighted by atomic mass is 9.98. The van der Waals surface area contributed by atoms with Gasteiger partial charge in [-0.3, -0.25) is 9.69 Å². The predicted molar refractivity (Wildman–Crippen MR) is 104 cm³/mol. The molecule has 2 aliphatic rings. The minimum absolute atomic E-state index is 0.153. The summed E-state index contributed by atoms with van der Waals surface area (Å²) in [5.41, 5.74) is 5.21. The number of benzene rings is 1. The van der Waals surface area contributed by atoms with Crippen LogP contribution in [0.2, 0.25) is 0 Å². The molecule has 25 heavy (non-hydrogen) atoms. The van der Waals surface area contributed by atoms with Crippen LogP contribution in [0, 0.1) is 0 Å². The summed E-state index contributed by atoms with van der Waals surface area (Å²) < 4.78 is 0. The molecule has 0 atom stereocenters. The Morgan fingerprint density at radius 1 is 1.04 bits per heavy atom. The zero-order chi connectivity index (χ0) is 17.1. The number of nitrogens with zero attached hydrogens (tertiary/aromatic N) is 1. The lowest BCUT2D eigenvalue weighted by molar-refractivity contribution is -0.116. The van der Waals surface area contributed by atoms with Gasteiger partial charge < -0.3 is 5.32 Å². The summed E-state index contributed by atoms with van der Waals surface area (Å²) in [7, 11) is 0. The maximum Gasteiger partial charge on any atom is 0.224 e. The van der Waals surface area contributed by atoms with E-state index in [9.17, 15) is 4.79 Å². The number of carbonyl (C=O) groups is 1. The number of thiophene rings is 1. The van der Waals surface area contributed by atoms with E-state index >= 15 is 0 Å². The van der Waals surface area contributed by atoms with Gasteiger partial charge in [0.1, 0.15) is 0 Å². The number of fused-ring (bicyclic) bond motifs is 2. The number of aryl methyl sites for hydroxylation is 2. The highest BCUT2D eigenvalue weighted by atomic mass is 32.1. The van der Waals surface area contributed by atoms with Crippen molar-refractivity contribution in [2.75, 3.05) is 18.4 Å². The Hall–Kier alpha value is -1.65. The number of hydrogen-bond acceptors (Lipinski definition) is 3. The van der Waals surface area contributed by atoms with Gasteiger partial charge in [-0.2, -0.15) is 0 Å². The Balaban J connectivity index is 1.19. The van der Waals surface area contributed by atoms with Crippen LogP contribution in [0.25, 0.3) is 0 Å². The van der Waals surface area contributed by atoms with Crippen molar-refractivity contribution in [1.29, 1.82) is 0 Å². The van der Waals surface area contributed by atoms with Crippen molar-refractivity contribution in [3.63, 3.8) is 0 Å². The van der Waals surface area contributed by atoms with Crippen LogP contribution in [-0.4, -0.2) is 23.9 Å². The summed E-state index contributed by atoms with van der Waals surface area (Å²) >= 11 is 1.91. The Morgan fingerprint density at radius 2 is 2.00 bits per heavy atom. The molecule has 3 heterocycles. The second kappa shape index (κ2) is 7.71. The van der Waals surface area contributed by atoms with Gasteiger partial charge in [0.2, 0.25) is 5.91 Å². The maximum absolute atomic E-state index is 11.5. The molecule has 0 aliphatic carbocycles. The fourth-order valence-electron chi connectivity index (χ4n) is 3.91. The third kappa shape index (κ3) is 4.13. The number of rotatable bonds is 6. The molecule has 0 fully saturated rings. The topological polar surface area (TPSA) is 32.3 Å². The first-order valence-corrected chi connectivity index (χ1v) is 10.4. The van der Waals surface area contributed by atoms with Crippen LogP contribution in [0.4, 0.5) is 5.69 Å². The van der Waals surface area contributed by atoms with Crippen molar-refractivity contribution < 1.29 is 4.79 Å². The highest BCUT2D eigenvalue weighted by Crippen LogP contribution is 2.25. The predicted octanol–water partition coefficient (Wildman–Crippen LogP) is 4.40. The molecule has 1 amide bonds. The van der Waals surface area contributed by atoms with Crippen molar-refractivity contribution in [3.05, 3.63) is 51.2 Å². The number of amides is 1. The smallest absolute Gasteiger partial charge is 0.224 e. The largest absolute Gasteiger partial charge is 0.326 e. The average Bonchev–Trinajstić information content (AvgIpc) is 3.09. The van der Waals surface area contributed by atoms with Crippen molar-refractivity contribution in [2.24, 2.45) is 0 Å². The van der Waals surface area contributed by atoms with E-state index in [1.807, 2.05) is 11.3 Å². The molecule has 4 heteroatoms. The van der Waals surface area contributed by atoms with Gasteiger partial charge in [-0.15, -0.1) is 11.3 Å². The number of anilines is 1. The molecule has 132 valence electrons. The molecule has 0 saturated carbocycles. The fraction of sp³-hybridized carbons (Fsp3) is 0.476. The van der Waals surface area contributed by atoms with Crippen molar-refractivity contribution in [2.45, 2.75) is 51.5 Å². The molecular weight excluding hydrogens is 328 g/mol. The van der Waals surface area contributed by atoms with Gasteiger partial charge in [0.05, 0.1) is 0 Å². The molecule has 0 spiro atoms. The van der Waals surface area contributed by atoms with Crippen LogP contribution in [0.5, 0.6) is 0 Å². The van der Waals surface area contributed by atoms with E-state index in [-0.39, 0.29) is 5.91 Å². The first-order chi connectivity index (χ1) is 12.3. The first kappa shape index (κ1) is 16.8. The number of nitrogens with one attached hydrogen (secondary N) is 1. The number of carbonyl (C=O) groups excluding carboxylic acids is 1. The number of hydrogen-bond donors (Lipinski definition) is 1. The van der Waals surface area contributed by atoms with Crippen molar-refractivity contribution in [3.8, 4) is 0 Å². The molecule has 1 aromatic heterocycles. The normalized spacial score (nSPS) is 17.0. The maximum atomic E-state index is 11.5. The quantitative estimate of drug-likeness (QED) is 0.780. The third-order valence-corrected chi connectivity index (χ3v) is 6.42. The fourth-order valence-corrected chi connectivity index (χ4v) is 4.80.